The molecule has 3 aromatic rings. The van der Waals surface area contributed by atoms with Crippen LogP contribution in [0.1, 0.15) is 53.7 Å². The molecule has 0 aliphatic heterocycles. The molecule has 2 heterocycles. The zero-order valence-electron chi connectivity index (χ0n) is 16.2. The highest BCUT2D eigenvalue weighted by Crippen LogP contribution is 2.46. The van der Waals surface area contributed by atoms with Gasteiger partial charge in [-0.05, 0) is 58.5 Å². The molecule has 2 aromatic heterocycles. The van der Waals surface area contributed by atoms with E-state index in [0.717, 1.165) is 38.7 Å². The summed E-state index contributed by atoms with van der Waals surface area (Å²) in [6.07, 6.45) is 6.54. The number of nitrogens with one attached hydrogen (secondary N) is 1. The van der Waals surface area contributed by atoms with Crippen molar-refractivity contribution >= 4 is 33.2 Å². The van der Waals surface area contributed by atoms with Gasteiger partial charge in [0.05, 0.1) is 14.4 Å². The largest absolute Gasteiger partial charge is 0.350 e. The van der Waals surface area contributed by atoms with Gasteiger partial charge >= 0.3 is 0 Å². The molecule has 1 aromatic carbocycles. The number of hydrogen-bond donors (Lipinski definition) is 1. The summed E-state index contributed by atoms with van der Waals surface area (Å²) in [5, 5.41) is 7.54. The maximum atomic E-state index is 14.6. The molecule has 1 N–H and O–H groups in total. The first-order chi connectivity index (χ1) is 14.5. The second kappa shape index (κ2) is 7.89. The molecule has 30 heavy (non-hydrogen) atoms. The van der Waals surface area contributed by atoms with Gasteiger partial charge in [0.2, 0.25) is 0 Å². The molecule has 1 fully saturated rings. The fourth-order valence-corrected chi connectivity index (χ4v) is 6.22. The minimum atomic E-state index is -0.710. The lowest BCUT2D eigenvalue weighted by Gasteiger charge is -2.21. The Bertz CT molecular complexity index is 1130. The third kappa shape index (κ3) is 3.50. The van der Waals surface area contributed by atoms with Crippen molar-refractivity contribution < 1.29 is 13.6 Å². The van der Waals surface area contributed by atoms with Crippen molar-refractivity contribution in [2.75, 3.05) is 6.54 Å². The highest BCUT2D eigenvalue weighted by molar-refractivity contribution is 9.11. The van der Waals surface area contributed by atoms with E-state index in [2.05, 4.69) is 26.3 Å². The van der Waals surface area contributed by atoms with Gasteiger partial charge < -0.3 is 5.32 Å². The summed E-state index contributed by atoms with van der Waals surface area (Å²) in [6.45, 7) is 0.638. The van der Waals surface area contributed by atoms with Crippen molar-refractivity contribution in [2.24, 2.45) is 5.92 Å². The van der Waals surface area contributed by atoms with E-state index in [-0.39, 0.29) is 11.6 Å². The summed E-state index contributed by atoms with van der Waals surface area (Å²) in [5.41, 5.74) is 3.06. The third-order valence-electron chi connectivity index (χ3n) is 5.97. The normalized spacial score (nSPS) is 15.8. The Morgan fingerprint density at radius 1 is 1.23 bits per heavy atom. The van der Waals surface area contributed by atoms with Crippen LogP contribution in [-0.2, 0) is 6.42 Å². The minimum Gasteiger partial charge on any atom is -0.350 e. The number of thiophene rings is 1. The minimum absolute atomic E-state index is 0.136. The molecule has 0 spiro atoms. The van der Waals surface area contributed by atoms with Gasteiger partial charge in [0, 0.05) is 24.6 Å². The molecule has 1 amide bonds. The Balaban J connectivity index is 1.53. The Hall–Kier alpha value is -2.06. The first-order valence-corrected chi connectivity index (χ1v) is 11.8. The molecule has 1 saturated carbocycles. The second-order valence-electron chi connectivity index (χ2n) is 7.98. The molecule has 156 valence electrons. The number of fused-ring (bicyclic) bond motifs is 3. The summed E-state index contributed by atoms with van der Waals surface area (Å²) >= 11 is 5.03. The Labute approximate surface area is 185 Å². The van der Waals surface area contributed by atoms with Crippen molar-refractivity contribution in [3.63, 3.8) is 0 Å². The maximum absolute atomic E-state index is 14.6. The first-order valence-electron chi connectivity index (χ1n) is 10.2. The quantitative estimate of drug-likeness (QED) is 0.388. The number of carbonyl (C=O) groups excluding carboxylic acids is 1. The SMILES string of the molecule is O=C(NCC1CCCCC1)c1nn(-c2ccc(F)cc2F)c2c1Cc1cc(Br)sc1-2. The predicted molar refractivity (Wildman–Crippen MR) is 116 cm³/mol. The van der Waals surface area contributed by atoms with Crippen molar-refractivity contribution in [3.8, 4) is 16.3 Å². The third-order valence-corrected chi connectivity index (χ3v) is 7.66. The lowest BCUT2D eigenvalue weighted by Crippen LogP contribution is -2.31. The van der Waals surface area contributed by atoms with E-state index in [1.54, 1.807) is 0 Å². The van der Waals surface area contributed by atoms with Crippen LogP contribution in [0, 0.1) is 17.6 Å². The van der Waals surface area contributed by atoms with Crippen LogP contribution in [0.3, 0.4) is 0 Å². The molecule has 8 heteroatoms. The Morgan fingerprint density at radius 2 is 2.03 bits per heavy atom. The number of amides is 1. The van der Waals surface area contributed by atoms with Gasteiger partial charge in [-0.1, -0.05) is 19.3 Å². The van der Waals surface area contributed by atoms with E-state index in [9.17, 15) is 13.6 Å². The van der Waals surface area contributed by atoms with Crippen LogP contribution in [0.15, 0.2) is 28.1 Å². The number of aromatic nitrogens is 2. The fraction of sp³-hybridized carbons (Fsp3) is 0.364. The number of halogens is 3. The number of carbonyl (C=O) groups is 1. The molecule has 2 aliphatic rings. The molecule has 2 aliphatic carbocycles. The molecule has 5 rings (SSSR count). The van der Waals surface area contributed by atoms with E-state index in [1.807, 2.05) is 6.07 Å². The van der Waals surface area contributed by atoms with Gasteiger partial charge in [0.25, 0.3) is 5.91 Å². The smallest absolute Gasteiger partial charge is 0.272 e. The van der Waals surface area contributed by atoms with Crippen LogP contribution in [0.2, 0.25) is 0 Å². The van der Waals surface area contributed by atoms with Crippen LogP contribution in [0.5, 0.6) is 0 Å². The zero-order chi connectivity index (χ0) is 20.8. The van der Waals surface area contributed by atoms with Gasteiger partial charge in [-0.2, -0.15) is 5.10 Å². The monoisotopic (exact) mass is 491 g/mol. The van der Waals surface area contributed by atoms with E-state index in [4.69, 9.17) is 0 Å². The van der Waals surface area contributed by atoms with Gasteiger partial charge in [-0.3, -0.25) is 4.79 Å². The van der Waals surface area contributed by atoms with Crippen molar-refractivity contribution in [1.82, 2.24) is 15.1 Å². The summed E-state index contributed by atoms with van der Waals surface area (Å²) in [6, 6.07) is 5.43. The zero-order valence-corrected chi connectivity index (χ0v) is 18.6. The predicted octanol–water partition coefficient (Wildman–Crippen LogP) is 5.86. The molecule has 0 bridgehead atoms. The molecule has 0 radical (unpaired) electrons. The summed E-state index contributed by atoms with van der Waals surface area (Å²) in [7, 11) is 0. The lowest BCUT2D eigenvalue weighted by atomic mass is 9.89. The van der Waals surface area contributed by atoms with E-state index < -0.39 is 11.6 Å². The van der Waals surface area contributed by atoms with Crippen molar-refractivity contribution in [1.29, 1.82) is 0 Å². The fourth-order valence-electron chi connectivity index (χ4n) is 4.49. The highest BCUT2D eigenvalue weighted by Gasteiger charge is 2.33. The molecular weight excluding hydrogens is 472 g/mol. The van der Waals surface area contributed by atoms with Gasteiger partial charge in [0.15, 0.2) is 11.5 Å². The average molecular weight is 492 g/mol. The highest BCUT2D eigenvalue weighted by atomic mass is 79.9. The summed E-state index contributed by atoms with van der Waals surface area (Å²) in [5.74, 6) is -1.08. The molecule has 0 atom stereocenters. The van der Waals surface area contributed by atoms with Gasteiger partial charge in [-0.15, -0.1) is 11.3 Å². The second-order valence-corrected chi connectivity index (χ2v) is 10.4. The maximum Gasteiger partial charge on any atom is 0.272 e. The summed E-state index contributed by atoms with van der Waals surface area (Å²) in [4.78, 5) is 14.0. The van der Waals surface area contributed by atoms with E-state index in [0.29, 0.717) is 30.3 Å². The van der Waals surface area contributed by atoms with Crippen LogP contribution in [0.4, 0.5) is 8.78 Å². The molecule has 0 saturated heterocycles. The Kier molecular flexibility index (Phi) is 5.23. The molecule has 4 nitrogen and oxygen atoms in total. The average Bonchev–Trinajstić information content (AvgIpc) is 3.36. The van der Waals surface area contributed by atoms with E-state index >= 15 is 0 Å². The van der Waals surface area contributed by atoms with E-state index in [1.165, 1.54) is 47.4 Å². The lowest BCUT2D eigenvalue weighted by molar-refractivity contribution is 0.0937. The number of nitrogens with zero attached hydrogens (tertiary/aromatic N) is 2. The first kappa shape index (κ1) is 19.9. The number of benzene rings is 1. The Morgan fingerprint density at radius 3 is 2.80 bits per heavy atom. The van der Waals surface area contributed by atoms with Crippen LogP contribution >= 0.6 is 27.3 Å². The number of hydrogen-bond acceptors (Lipinski definition) is 3. The van der Waals surface area contributed by atoms with Crippen molar-refractivity contribution in [2.45, 2.75) is 38.5 Å². The van der Waals surface area contributed by atoms with Gasteiger partial charge in [-0.25, -0.2) is 13.5 Å². The van der Waals surface area contributed by atoms with Crippen LogP contribution < -0.4 is 5.32 Å². The standard InChI is InChI=1S/C22H20BrF2N3OS/c23-18-9-13-8-15-19(22(29)26-11-12-4-2-1-3-5-12)27-28(20(15)21(13)30-18)17-7-6-14(24)10-16(17)25/h6-7,9-10,12H,1-5,8,11H2,(H,26,29). The number of rotatable bonds is 4. The molecule has 0 unspecified atom stereocenters. The molecular formula is C22H20BrF2N3OS. The van der Waals surface area contributed by atoms with Gasteiger partial charge in [0.1, 0.15) is 11.5 Å². The van der Waals surface area contributed by atoms with Crippen LogP contribution in [-0.4, -0.2) is 22.2 Å². The van der Waals surface area contributed by atoms with Crippen LogP contribution in [0.25, 0.3) is 16.3 Å². The van der Waals surface area contributed by atoms with Crippen molar-refractivity contribution in [3.05, 3.63) is 56.5 Å². The summed E-state index contributed by atoms with van der Waals surface area (Å²) < 4.78 is 30.5. The topological polar surface area (TPSA) is 46.9 Å².